The fourth-order valence-corrected chi connectivity index (χ4v) is 1.57. The minimum absolute atomic E-state index is 0.641. The summed E-state index contributed by atoms with van der Waals surface area (Å²) in [5.41, 5.74) is 5.50. The third kappa shape index (κ3) is 1.61. The van der Waals surface area contributed by atoms with E-state index < -0.39 is 0 Å². The largest absolute Gasteiger partial charge is 0.379 e. The molecule has 0 unspecified atom stereocenters. The molecule has 52 valence electrons. The van der Waals surface area contributed by atoms with E-state index in [2.05, 4.69) is 18.8 Å². The van der Waals surface area contributed by atoms with Crippen LogP contribution in [0.2, 0.25) is 0 Å². The van der Waals surface area contributed by atoms with Crippen LogP contribution < -0.4 is 5.73 Å². The Kier molecular flexibility index (Phi) is 2.01. The summed E-state index contributed by atoms with van der Waals surface area (Å²) in [4.78, 5) is 4.12. The van der Waals surface area contributed by atoms with Crippen LogP contribution in [0.4, 0.5) is 0 Å². The zero-order chi connectivity index (χ0) is 6.85. The highest BCUT2D eigenvalue weighted by atomic mass is 32.2. The fraction of sp³-hybridized carbons (Fsp3) is 0.833. The van der Waals surface area contributed by atoms with Crippen molar-refractivity contribution in [1.82, 2.24) is 0 Å². The van der Waals surface area contributed by atoms with Gasteiger partial charge in [0.05, 0.1) is 0 Å². The molecule has 0 aromatic carbocycles. The number of hydrogen-bond acceptors (Lipinski definition) is 3. The van der Waals surface area contributed by atoms with E-state index in [1.807, 2.05) is 0 Å². The summed E-state index contributed by atoms with van der Waals surface area (Å²) in [5, 5.41) is 1.39. The molecule has 1 heterocycles. The zero-order valence-corrected chi connectivity index (χ0v) is 6.61. The van der Waals surface area contributed by atoms with Gasteiger partial charge in [0, 0.05) is 11.8 Å². The number of aliphatic imine (C=N–C) groups is 1. The Morgan fingerprint density at radius 1 is 1.67 bits per heavy atom. The lowest BCUT2D eigenvalue weighted by Gasteiger charge is -2.21. The standard InChI is InChI=1S/C6H12N2S/c1-4-3-8-6(7)9-5(4)2/h4-5H,3H2,1-2H3,(H2,7,8)/t4-,5-/m0/s1. The first-order valence-electron chi connectivity index (χ1n) is 3.16. The normalized spacial score (nSPS) is 36.0. The average Bonchev–Trinajstić information content (AvgIpc) is 1.80. The molecule has 3 heteroatoms. The predicted molar refractivity (Wildman–Crippen MR) is 42.7 cm³/mol. The molecule has 0 aromatic heterocycles. The summed E-state index contributed by atoms with van der Waals surface area (Å²) in [6.07, 6.45) is 0. The first kappa shape index (κ1) is 6.93. The van der Waals surface area contributed by atoms with Crippen LogP contribution in [0.25, 0.3) is 0 Å². The van der Waals surface area contributed by atoms with Crippen molar-refractivity contribution in [2.24, 2.45) is 16.6 Å². The van der Waals surface area contributed by atoms with Gasteiger partial charge in [0.2, 0.25) is 0 Å². The maximum absolute atomic E-state index is 5.50. The Balaban J connectivity index is 2.54. The molecule has 0 spiro atoms. The number of nitrogens with two attached hydrogens (primary N) is 1. The van der Waals surface area contributed by atoms with Crippen LogP contribution in [0, 0.1) is 5.92 Å². The van der Waals surface area contributed by atoms with E-state index in [0.717, 1.165) is 11.7 Å². The Morgan fingerprint density at radius 3 is 2.78 bits per heavy atom. The van der Waals surface area contributed by atoms with Crippen LogP contribution in [0.1, 0.15) is 13.8 Å². The number of amidine groups is 1. The molecule has 2 atom stereocenters. The summed E-state index contributed by atoms with van der Waals surface area (Å²) < 4.78 is 0. The second kappa shape index (κ2) is 2.60. The molecule has 2 nitrogen and oxygen atoms in total. The zero-order valence-electron chi connectivity index (χ0n) is 5.79. The highest BCUT2D eigenvalue weighted by molar-refractivity contribution is 8.14. The van der Waals surface area contributed by atoms with Gasteiger partial charge in [-0.15, -0.1) is 0 Å². The van der Waals surface area contributed by atoms with E-state index in [-0.39, 0.29) is 0 Å². The third-order valence-corrected chi connectivity index (χ3v) is 2.85. The number of thioether (sulfide) groups is 1. The highest BCUT2D eigenvalue weighted by Gasteiger charge is 2.17. The smallest absolute Gasteiger partial charge is 0.154 e. The second-order valence-corrected chi connectivity index (χ2v) is 3.88. The molecule has 1 aliphatic heterocycles. The Bertz CT molecular complexity index is 133. The molecule has 2 N–H and O–H groups in total. The van der Waals surface area contributed by atoms with Crippen LogP contribution in [-0.2, 0) is 0 Å². The Morgan fingerprint density at radius 2 is 2.33 bits per heavy atom. The maximum atomic E-state index is 5.50. The molecule has 9 heavy (non-hydrogen) atoms. The summed E-state index contributed by atoms with van der Waals surface area (Å²) in [7, 11) is 0. The molecule has 0 amide bonds. The number of rotatable bonds is 0. The van der Waals surface area contributed by atoms with Gasteiger partial charge in [0.1, 0.15) is 0 Å². The minimum Gasteiger partial charge on any atom is -0.379 e. The highest BCUT2D eigenvalue weighted by Crippen LogP contribution is 2.23. The minimum atomic E-state index is 0.641. The summed E-state index contributed by atoms with van der Waals surface area (Å²) in [5.74, 6) is 0.683. The van der Waals surface area contributed by atoms with E-state index in [1.165, 1.54) is 0 Å². The third-order valence-electron chi connectivity index (χ3n) is 1.64. The molecule has 1 rings (SSSR count). The first-order valence-corrected chi connectivity index (χ1v) is 4.04. The second-order valence-electron chi connectivity index (χ2n) is 2.48. The molecule has 0 fully saturated rings. The van der Waals surface area contributed by atoms with E-state index in [9.17, 15) is 0 Å². The molecular weight excluding hydrogens is 132 g/mol. The lowest BCUT2D eigenvalue weighted by molar-refractivity contribution is 0.587. The molecule has 0 saturated carbocycles. The number of hydrogen-bond donors (Lipinski definition) is 1. The van der Waals surface area contributed by atoms with Gasteiger partial charge in [-0.3, -0.25) is 4.99 Å². The van der Waals surface area contributed by atoms with Crippen LogP contribution in [0.3, 0.4) is 0 Å². The molecule has 0 radical (unpaired) electrons. The molecule has 0 aliphatic carbocycles. The van der Waals surface area contributed by atoms with Gasteiger partial charge >= 0.3 is 0 Å². The van der Waals surface area contributed by atoms with Crippen molar-refractivity contribution in [3.05, 3.63) is 0 Å². The van der Waals surface area contributed by atoms with Gasteiger partial charge in [-0.2, -0.15) is 0 Å². The van der Waals surface area contributed by atoms with Crippen LogP contribution in [0.15, 0.2) is 4.99 Å². The quantitative estimate of drug-likeness (QED) is 0.552. The van der Waals surface area contributed by atoms with Crippen molar-refractivity contribution in [2.75, 3.05) is 6.54 Å². The monoisotopic (exact) mass is 144 g/mol. The predicted octanol–water partition coefficient (Wildman–Crippen LogP) is 1.07. The van der Waals surface area contributed by atoms with Gasteiger partial charge in [-0.25, -0.2) is 0 Å². The summed E-state index contributed by atoms with van der Waals surface area (Å²) >= 11 is 1.68. The topological polar surface area (TPSA) is 38.4 Å². The van der Waals surface area contributed by atoms with Crippen molar-refractivity contribution < 1.29 is 0 Å². The number of nitrogens with zero attached hydrogens (tertiary/aromatic N) is 1. The Hall–Kier alpha value is -0.180. The van der Waals surface area contributed by atoms with Crippen molar-refractivity contribution in [3.8, 4) is 0 Å². The van der Waals surface area contributed by atoms with E-state index in [4.69, 9.17) is 5.73 Å². The average molecular weight is 144 g/mol. The molecule has 1 aliphatic rings. The van der Waals surface area contributed by atoms with Crippen molar-refractivity contribution in [1.29, 1.82) is 0 Å². The Labute approximate surface area is 59.9 Å². The van der Waals surface area contributed by atoms with Gasteiger partial charge in [-0.1, -0.05) is 25.6 Å². The van der Waals surface area contributed by atoms with E-state index in [1.54, 1.807) is 11.8 Å². The van der Waals surface area contributed by atoms with Crippen molar-refractivity contribution in [2.45, 2.75) is 19.1 Å². The van der Waals surface area contributed by atoms with Crippen LogP contribution in [-0.4, -0.2) is 17.0 Å². The fourth-order valence-electron chi connectivity index (χ4n) is 0.726. The van der Waals surface area contributed by atoms with Gasteiger partial charge in [0.15, 0.2) is 5.17 Å². The molecule has 0 aromatic rings. The molecule has 0 bridgehead atoms. The maximum Gasteiger partial charge on any atom is 0.154 e. The van der Waals surface area contributed by atoms with Crippen LogP contribution in [0.5, 0.6) is 0 Å². The molecule has 0 saturated heterocycles. The van der Waals surface area contributed by atoms with Gasteiger partial charge in [-0.05, 0) is 5.92 Å². The SMILES string of the molecule is C[C@@H]1SC(N)=NC[C@@H]1C. The van der Waals surface area contributed by atoms with Crippen molar-refractivity contribution in [3.63, 3.8) is 0 Å². The first-order chi connectivity index (χ1) is 4.20. The van der Waals surface area contributed by atoms with E-state index >= 15 is 0 Å². The van der Waals surface area contributed by atoms with Crippen LogP contribution >= 0.6 is 11.8 Å². The lowest BCUT2D eigenvalue weighted by Crippen LogP contribution is -2.25. The van der Waals surface area contributed by atoms with Crippen molar-refractivity contribution >= 4 is 16.9 Å². The summed E-state index contributed by atoms with van der Waals surface area (Å²) in [6, 6.07) is 0. The van der Waals surface area contributed by atoms with Gasteiger partial charge < -0.3 is 5.73 Å². The molecular formula is C6H12N2S. The van der Waals surface area contributed by atoms with E-state index in [0.29, 0.717) is 11.2 Å². The summed E-state index contributed by atoms with van der Waals surface area (Å²) in [6.45, 7) is 5.30. The van der Waals surface area contributed by atoms with Gasteiger partial charge in [0.25, 0.3) is 0 Å². The lowest BCUT2D eigenvalue weighted by atomic mass is 10.1.